The summed E-state index contributed by atoms with van der Waals surface area (Å²) < 4.78 is 15.8. The van der Waals surface area contributed by atoms with Crippen LogP contribution in [-0.2, 0) is 5.75 Å². The molecule has 2 heterocycles. The normalized spacial score (nSPS) is 11.1. The first-order chi connectivity index (χ1) is 12.2. The van der Waals surface area contributed by atoms with Gasteiger partial charge in [0.1, 0.15) is 12.1 Å². The average molecular weight is 371 g/mol. The van der Waals surface area contributed by atoms with Gasteiger partial charge in [-0.2, -0.15) is 0 Å². The quantitative estimate of drug-likeness (QED) is 0.479. The Bertz CT molecular complexity index is 1050. The minimum atomic E-state index is -0.265. The summed E-state index contributed by atoms with van der Waals surface area (Å²) in [5.41, 5.74) is 2.51. The Balaban J connectivity index is 1.64. The van der Waals surface area contributed by atoms with Gasteiger partial charge in [-0.05, 0) is 42.0 Å². The number of hydrogen-bond donors (Lipinski definition) is 0. The van der Waals surface area contributed by atoms with Crippen LogP contribution in [0.1, 0.15) is 5.56 Å². The lowest BCUT2D eigenvalue weighted by molar-refractivity contribution is 0.639. The van der Waals surface area contributed by atoms with Gasteiger partial charge in [-0.25, -0.2) is 4.39 Å². The summed E-state index contributed by atoms with van der Waals surface area (Å²) in [6, 6.07) is 14.2. The van der Waals surface area contributed by atoms with Crippen molar-refractivity contribution in [2.24, 2.45) is 0 Å². The molecule has 0 fully saturated rings. The van der Waals surface area contributed by atoms with Crippen molar-refractivity contribution in [1.29, 1.82) is 0 Å². The van der Waals surface area contributed by atoms with Crippen LogP contribution in [0.4, 0.5) is 4.39 Å². The minimum absolute atomic E-state index is 0.265. The lowest BCUT2D eigenvalue weighted by Gasteiger charge is -2.08. The number of rotatable bonds is 4. The van der Waals surface area contributed by atoms with Gasteiger partial charge in [0, 0.05) is 22.4 Å². The van der Waals surface area contributed by atoms with Crippen LogP contribution in [-0.4, -0.2) is 19.7 Å². The predicted molar refractivity (Wildman–Crippen MR) is 97.6 cm³/mol. The molecule has 0 saturated carbocycles. The van der Waals surface area contributed by atoms with Crippen molar-refractivity contribution in [3.8, 4) is 5.69 Å². The number of benzene rings is 2. The molecule has 0 aliphatic rings. The van der Waals surface area contributed by atoms with Crippen molar-refractivity contribution >= 4 is 34.3 Å². The molecule has 0 amide bonds. The zero-order valence-electron chi connectivity index (χ0n) is 12.9. The van der Waals surface area contributed by atoms with Crippen LogP contribution < -0.4 is 0 Å². The topological polar surface area (TPSA) is 43.6 Å². The van der Waals surface area contributed by atoms with Crippen LogP contribution in [0.15, 0.2) is 66.2 Å². The molecular formula is C18H12ClFN4S. The van der Waals surface area contributed by atoms with E-state index in [1.807, 2.05) is 28.8 Å². The summed E-state index contributed by atoms with van der Waals surface area (Å²) in [5, 5.41) is 10.1. The SMILES string of the molecule is Fc1ccc(CSc2nncn2-c2cccc(Cl)c2)c2ncccc12. The number of nitrogens with zero attached hydrogens (tertiary/aromatic N) is 4. The van der Waals surface area contributed by atoms with Crippen molar-refractivity contribution in [2.75, 3.05) is 0 Å². The molecule has 0 unspecified atom stereocenters. The Hall–Kier alpha value is -2.44. The molecule has 4 rings (SSSR count). The molecule has 7 heteroatoms. The van der Waals surface area contributed by atoms with Gasteiger partial charge < -0.3 is 0 Å². The molecule has 0 atom stereocenters. The summed E-state index contributed by atoms with van der Waals surface area (Å²) in [6.45, 7) is 0. The fourth-order valence-corrected chi connectivity index (χ4v) is 3.68. The Kier molecular flexibility index (Phi) is 4.38. The van der Waals surface area contributed by atoms with Gasteiger partial charge in [0.2, 0.25) is 0 Å². The lowest BCUT2D eigenvalue weighted by atomic mass is 10.1. The second-order valence-corrected chi connectivity index (χ2v) is 6.74. The predicted octanol–water partition coefficient (Wildman–Crippen LogP) is 4.90. The van der Waals surface area contributed by atoms with Crippen LogP contribution in [0.25, 0.3) is 16.6 Å². The standard InChI is InChI=1S/C18H12ClFN4S/c19-13-3-1-4-14(9-13)24-11-22-23-18(24)25-10-12-6-7-16(20)15-5-2-8-21-17(12)15/h1-9,11H,10H2. The summed E-state index contributed by atoms with van der Waals surface area (Å²) in [6.07, 6.45) is 3.32. The van der Waals surface area contributed by atoms with E-state index in [0.29, 0.717) is 21.7 Å². The van der Waals surface area contributed by atoms with Crippen molar-refractivity contribution in [2.45, 2.75) is 10.9 Å². The summed E-state index contributed by atoms with van der Waals surface area (Å²) in [4.78, 5) is 4.32. The Labute approximate surface area is 152 Å². The Morgan fingerprint density at radius 3 is 2.92 bits per heavy atom. The maximum Gasteiger partial charge on any atom is 0.195 e. The monoisotopic (exact) mass is 370 g/mol. The van der Waals surface area contributed by atoms with Crippen LogP contribution in [0.5, 0.6) is 0 Å². The highest BCUT2D eigenvalue weighted by atomic mass is 35.5. The molecule has 0 aliphatic heterocycles. The van der Waals surface area contributed by atoms with E-state index in [1.54, 1.807) is 30.7 Å². The van der Waals surface area contributed by atoms with Gasteiger partial charge in [-0.15, -0.1) is 10.2 Å². The summed E-state index contributed by atoms with van der Waals surface area (Å²) in [5.74, 6) is 0.339. The molecule has 0 spiro atoms. The lowest BCUT2D eigenvalue weighted by Crippen LogP contribution is -1.96. The van der Waals surface area contributed by atoms with Crippen molar-refractivity contribution in [3.63, 3.8) is 0 Å². The van der Waals surface area contributed by atoms with Crippen LogP contribution in [0, 0.1) is 5.82 Å². The zero-order chi connectivity index (χ0) is 17.2. The Morgan fingerprint density at radius 1 is 1.12 bits per heavy atom. The average Bonchev–Trinajstić information content (AvgIpc) is 3.10. The second kappa shape index (κ2) is 6.82. The first-order valence-electron chi connectivity index (χ1n) is 7.53. The highest BCUT2D eigenvalue weighted by Gasteiger charge is 2.11. The van der Waals surface area contributed by atoms with E-state index in [0.717, 1.165) is 16.4 Å². The molecular weight excluding hydrogens is 359 g/mol. The second-order valence-electron chi connectivity index (χ2n) is 5.36. The molecule has 2 aromatic carbocycles. The van der Waals surface area contributed by atoms with Gasteiger partial charge in [-0.1, -0.05) is 35.5 Å². The van der Waals surface area contributed by atoms with Gasteiger partial charge in [0.05, 0.1) is 11.2 Å². The van der Waals surface area contributed by atoms with Crippen LogP contribution >= 0.6 is 23.4 Å². The summed E-state index contributed by atoms with van der Waals surface area (Å²) in [7, 11) is 0. The first-order valence-corrected chi connectivity index (χ1v) is 8.89. The molecule has 25 heavy (non-hydrogen) atoms. The fourth-order valence-electron chi connectivity index (χ4n) is 2.58. The van der Waals surface area contributed by atoms with E-state index < -0.39 is 0 Å². The number of aromatic nitrogens is 4. The van der Waals surface area contributed by atoms with E-state index in [-0.39, 0.29) is 5.82 Å². The van der Waals surface area contributed by atoms with Gasteiger partial charge in [-0.3, -0.25) is 9.55 Å². The van der Waals surface area contributed by atoms with Gasteiger partial charge in [0.15, 0.2) is 5.16 Å². The molecule has 0 bridgehead atoms. The molecule has 2 aromatic heterocycles. The maximum atomic E-state index is 13.9. The number of fused-ring (bicyclic) bond motifs is 1. The number of thioether (sulfide) groups is 1. The van der Waals surface area contributed by atoms with Crippen molar-refractivity contribution < 1.29 is 4.39 Å². The molecule has 0 saturated heterocycles. The van der Waals surface area contributed by atoms with E-state index in [9.17, 15) is 4.39 Å². The highest BCUT2D eigenvalue weighted by Crippen LogP contribution is 2.28. The van der Waals surface area contributed by atoms with Gasteiger partial charge >= 0.3 is 0 Å². The van der Waals surface area contributed by atoms with E-state index in [2.05, 4.69) is 15.2 Å². The zero-order valence-corrected chi connectivity index (χ0v) is 14.5. The van der Waals surface area contributed by atoms with Crippen LogP contribution in [0.3, 0.4) is 0 Å². The number of halogens is 2. The smallest absolute Gasteiger partial charge is 0.195 e. The highest BCUT2D eigenvalue weighted by molar-refractivity contribution is 7.98. The number of pyridine rings is 1. The molecule has 0 radical (unpaired) electrons. The number of hydrogen-bond acceptors (Lipinski definition) is 4. The minimum Gasteiger partial charge on any atom is -0.277 e. The van der Waals surface area contributed by atoms with Gasteiger partial charge in [0.25, 0.3) is 0 Å². The van der Waals surface area contributed by atoms with Crippen LogP contribution in [0.2, 0.25) is 5.02 Å². The third-order valence-electron chi connectivity index (χ3n) is 3.76. The van der Waals surface area contributed by atoms with E-state index in [4.69, 9.17) is 11.6 Å². The fraction of sp³-hybridized carbons (Fsp3) is 0.0556. The van der Waals surface area contributed by atoms with Crippen molar-refractivity contribution in [1.82, 2.24) is 19.7 Å². The maximum absolute atomic E-state index is 13.9. The third kappa shape index (κ3) is 3.23. The molecule has 4 aromatic rings. The van der Waals surface area contributed by atoms with E-state index >= 15 is 0 Å². The van der Waals surface area contributed by atoms with Crippen molar-refractivity contribution in [3.05, 3.63) is 77.5 Å². The molecule has 0 N–H and O–H groups in total. The van der Waals surface area contributed by atoms with E-state index in [1.165, 1.54) is 17.8 Å². The summed E-state index contributed by atoms with van der Waals surface area (Å²) >= 11 is 7.57. The Morgan fingerprint density at radius 2 is 2.04 bits per heavy atom. The molecule has 0 aliphatic carbocycles. The third-order valence-corrected chi connectivity index (χ3v) is 4.99. The largest absolute Gasteiger partial charge is 0.277 e. The first kappa shape index (κ1) is 16.1. The molecule has 124 valence electrons. The molecule has 4 nitrogen and oxygen atoms in total.